The zero-order valence-corrected chi connectivity index (χ0v) is 17.5. The highest BCUT2D eigenvalue weighted by molar-refractivity contribution is 6.38. The smallest absolute Gasteiger partial charge is 0.287 e. The number of primary amides is 1. The molecule has 0 aliphatic carbocycles. The van der Waals surface area contributed by atoms with Crippen molar-refractivity contribution in [1.82, 2.24) is 25.1 Å². The van der Waals surface area contributed by atoms with Crippen molar-refractivity contribution in [3.8, 4) is 17.1 Å². The van der Waals surface area contributed by atoms with Crippen molar-refractivity contribution in [2.45, 2.75) is 12.5 Å². The van der Waals surface area contributed by atoms with Crippen LogP contribution in [-0.2, 0) is 16.0 Å². The summed E-state index contributed by atoms with van der Waals surface area (Å²) in [6.07, 6.45) is 2.88. The molecule has 9 heteroatoms. The molecule has 9 nitrogen and oxygen atoms in total. The minimum Gasteiger partial charge on any atom is -0.363 e. The van der Waals surface area contributed by atoms with Crippen LogP contribution in [0.15, 0.2) is 85.3 Å². The van der Waals surface area contributed by atoms with E-state index >= 15 is 0 Å². The fraction of sp³-hybridized carbons (Fsp3) is 0.0833. The number of rotatable bonds is 8. The van der Waals surface area contributed by atoms with Crippen LogP contribution in [0, 0.1) is 0 Å². The second kappa shape index (κ2) is 9.65. The van der Waals surface area contributed by atoms with Crippen molar-refractivity contribution < 1.29 is 14.4 Å². The first-order chi connectivity index (χ1) is 16.0. The van der Waals surface area contributed by atoms with Gasteiger partial charge in [0, 0.05) is 12.0 Å². The number of nitrogens with two attached hydrogens (primary N) is 1. The average Bonchev–Trinajstić information content (AvgIpc) is 3.34. The molecule has 164 valence electrons. The molecular formula is C24H20N6O3. The molecule has 0 saturated heterocycles. The van der Waals surface area contributed by atoms with E-state index in [0.717, 1.165) is 11.1 Å². The molecule has 0 bridgehead atoms. The lowest BCUT2D eigenvalue weighted by Gasteiger charge is -2.17. The third-order valence-electron chi connectivity index (χ3n) is 4.99. The Morgan fingerprint density at radius 1 is 0.909 bits per heavy atom. The van der Waals surface area contributed by atoms with Crippen LogP contribution in [0.25, 0.3) is 17.1 Å². The maximum absolute atomic E-state index is 13.0. The van der Waals surface area contributed by atoms with Gasteiger partial charge in [-0.15, -0.1) is 10.2 Å². The van der Waals surface area contributed by atoms with Crippen molar-refractivity contribution in [3.63, 3.8) is 0 Å². The van der Waals surface area contributed by atoms with Gasteiger partial charge in [-0.2, -0.15) is 0 Å². The summed E-state index contributed by atoms with van der Waals surface area (Å²) in [5.74, 6) is -2.23. The molecule has 0 aliphatic heterocycles. The number of Topliss-reactive ketones (excluding diaryl/α,β-unsaturated/α-hetero) is 1. The van der Waals surface area contributed by atoms with E-state index in [0.29, 0.717) is 11.5 Å². The zero-order valence-electron chi connectivity index (χ0n) is 17.5. The van der Waals surface area contributed by atoms with Gasteiger partial charge >= 0.3 is 0 Å². The third-order valence-corrected chi connectivity index (χ3v) is 4.99. The largest absolute Gasteiger partial charge is 0.363 e. The average molecular weight is 440 g/mol. The second-order valence-corrected chi connectivity index (χ2v) is 7.24. The van der Waals surface area contributed by atoms with E-state index < -0.39 is 23.6 Å². The van der Waals surface area contributed by atoms with Crippen LogP contribution in [0.4, 0.5) is 0 Å². The van der Waals surface area contributed by atoms with Crippen molar-refractivity contribution in [2.24, 2.45) is 5.73 Å². The van der Waals surface area contributed by atoms with Crippen LogP contribution in [-0.4, -0.2) is 43.4 Å². The summed E-state index contributed by atoms with van der Waals surface area (Å²) < 4.78 is 1.45. The number of hydrogen-bond acceptors (Lipinski definition) is 6. The first kappa shape index (κ1) is 21.6. The van der Waals surface area contributed by atoms with E-state index in [2.05, 4.69) is 20.5 Å². The maximum atomic E-state index is 13.0. The van der Waals surface area contributed by atoms with E-state index in [9.17, 15) is 14.4 Å². The Labute approximate surface area is 189 Å². The van der Waals surface area contributed by atoms with Crippen molar-refractivity contribution in [2.75, 3.05) is 0 Å². The lowest BCUT2D eigenvalue weighted by Crippen LogP contribution is -2.47. The molecule has 3 N–H and O–H groups in total. The summed E-state index contributed by atoms with van der Waals surface area (Å²) >= 11 is 0. The van der Waals surface area contributed by atoms with Crippen LogP contribution in [0.3, 0.4) is 0 Å². The molecule has 0 aliphatic rings. The number of amides is 2. The number of benzene rings is 2. The number of ketones is 1. The predicted molar refractivity (Wildman–Crippen MR) is 120 cm³/mol. The van der Waals surface area contributed by atoms with Gasteiger partial charge in [0.15, 0.2) is 5.82 Å². The molecule has 0 radical (unpaired) electrons. The second-order valence-electron chi connectivity index (χ2n) is 7.24. The molecule has 2 aromatic heterocycles. The third kappa shape index (κ3) is 4.99. The van der Waals surface area contributed by atoms with Crippen LogP contribution in [0.5, 0.6) is 0 Å². The molecule has 4 aromatic rings. The maximum Gasteiger partial charge on any atom is 0.287 e. The normalized spacial score (nSPS) is 11.5. The Bertz CT molecular complexity index is 1270. The number of carbonyl (C=O) groups excluding carboxylic acids is 3. The van der Waals surface area contributed by atoms with E-state index in [1.54, 1.807) is 36.4 Å². The van der Waals surface area contributed by atoms with Crippen molar-refractivity contribution >= 4 is 17.6 Å². The molecule has 2 heterocycles. The summed E-state index contributed by atoms with van der Waals surface area (Å²) in [7, 11) is 0. The summed E-state index contributed by atoms with van der Waals surface area (Å²) in [6.45, 7) is 0. The Morgan fingerprint density at radius 2 is 1.61 bits per heavy atom. The van der Waals surface area contributed by atoms with Gasteiger partial charge < -0.3 is 11.1 Å². The van der Waals surface area contributed by atoms with Gasteiger partial charge in [-0.3, -0.25) is 19.0 Å². The van der Waals surface area contributed by atoms with E-state index in [4.69, 9.17) is 5.73 Å². The fourth-order valence-corrected chi connectivity index (χ4v) is 3.33. The van der Waals surface area contributed by atoms with Crippen LogP contribution < -0.4 is 11.1 Å². The molecule has 2 amide bonds. The topological polar surface area (TPSA) is 133 Å². The molecular weight excluding hydrogens is 420 g/mol. The van der Waals surface area contributed by atoms with Crippen LogP contribution >= 0.6 is 0 Å². The van der Waals surface area contributed by atoms with Gasteiger partial charge in [0.05, 0.1) is 11.9 Å². The summed E-state index contributed by atoms with van der Waals surface area (Å²) in [6, 6.07) is 21.0. The lowest BCUT2D eigenvalue weighted by atomic mass is 10.0. The summed E-state index contributed by atoms with van der Waals surface area (Å²) in [5.41, 5.74) is 7.69. The molecule has 0 fully saturated rings. The van der Waals surface area contributed by atoms with Gasteiger partial charge in [0.25, 0.3) is 11.8 Å². The zero-order chi connectivity index (χ0) is 23.2. The molecule has 0 saturated carbocycles. The van der Waals surface area contributed by atoms with Crippen molar-refractivity contribution in [1.29, 1.82) is 0 Å². The lowest BCUT2D eigenvalue weighted by molar-refractivity contribution is -0.137. The number of imidazole rings is 1. The van der Waals surface area contributed by atoms with Crippen LogP contribution in [0.2, 0.25) is 0 Å². The molecule has 33 heavy (non-hydrogen) atoms. The Kier molecular flexibility index (Phi) is 6.31. The summed E-state index contributed by atoms with van der Waals surface area (Å²) in [4.78, 5) is 40.9. The van der Waals surface area contributed by atoms with Gasteiger partial charge in [0.2, 0.25) is 5.78 Å². The van der Waals surface area contributed by atoms with Gasteiger partial charge in [0.1, 0.15) is 18.1 Å². The highest BCUT2D eigenvalue weighted by atomic mass is 16.2. The number of nitrogens with one attached hydrogen (secondary N) is 1. The standard InChI is InChI=1S/C24H20N6O3/c25-23(32)22(31)19(13-16-7-3-1-4-8-16)27-24(33)20-14-26-15-30(20)21-12-11-18(28-29-21)17-9-5-2-6-10-17/h1-12,14-15,19H,13H2,(H2,25,32)(H,27,33). The predicted octanol–water partition coefficient (Wildman–Crippen LogP) is 1.72. The minimum absolute atomic E-state index is 0.119. The van der Waals surface area contributed by atoms with E-state index in [-0.39, 0.29) is 12.1 Å². The molecule has 4 rings (SSSR count). The SMILES string of the molecule is NC(=O)C(=O)C(Cc1ccccc1)NC(=O)c1cncn1-c1ccc(-c2ccccc2)nn1. The first-order valence-corrected chi connectivity index (χ1v) is 10.1. The van der Waals surface area contributed by atoms with Crippen molar-refractivity contribution in [3.05, 3.63) is 96.6 Å². The molecule has 1 unspecified atom stereocenters. The Balaban J connectivity index is 1.56. The summed E-state index contributed by atoms with van der Waals surface area (Å²) in [5, 5.41) is 11.0. The van der Waals surface area contributed by atoms with Gasteiger partial charge in [-0.05, 0) is 17.7 Å². The number of carbonyl (C=O) groups is 3. The quantitative estimate of drug-likeness (QED) is 0.401. The Hall–Kier alpha value is -4.66. The number of nitrogens with zero attached hydrogens (tertiary/aromatic N) is 4. The molecule has 0 spiro atoms. The first-order valence-electron chi connectivity index (χ1n) is 10.1. The van der Waals surface area contributed by atoms with Crippen LogP contribution in [0.1, 0.15) is 16.1 Å². The monoisotopic (exact) mass is 440 g/mol. The van der Waals surface area contributed by atoms with E-state index in [1.165, 1.54) is 17.1 Å². The van der Waals surface area contributed by atoms with Gasteiger partial charge in [-0.25, -0.2) is 4.98 Å². The number of hydrogen-bond donors (Lipinski definition) is 2. The van der Waals surface area contributed by atoms with E-state index in [1.807, 2.05) is 36.4 Å². The molecule has 1 atom stereocenters. The highest BCUT2D eigenvalue weighted by Crippen LogP contribution is 2.17. The number of aromatic nitrogens is 4. The minimum atomic E-state index is -1.12. The fourth-order valence-electron chi connectivity index (χ4n) is 3.33. The Morgan fingerprint density at radius 3 is 2.24 bits per heavy atom. The van der Waals surface area contributed by atoms with Gasteiger partial charge in [-0.1, -0.05) is 60.7 Å². The highest BCUT2D eigenvalue weighted by Gasteiger charge is 2.27. The molecule has 2 aromatic carbocycles.